The van der Waals surface area contributed by atoms with Gasteiger partial charge in [-0.1, -0.05) is 65.2 Å². The van der Waals surface area contributed by atoms with Gasteiger partial charge in [-0.15, -0.1) is 0 Å². The van der Waals surface area contributed by atoms with Gasteiger partial charge in [0.25, 0.3) is 0 Å². The molecule has 1 unspecified atom stereocenters. The largest absolute Gasteiger partial charge is 0.354 e. The van der Waals surface area contributed by atoms with Crippen molar-refractivity contribution >= 4 is 11.8 Å². The van der Waals surface area contributed by atoms with Crippen LogP contribution < -0.4 is 10.6 Å². The molecular formula is C19H36N2O2. The molecule has 0 aromatic carbocycles. The van der Waals surface area contributed by atoms with Crippen LogP contribution in [0.4, 0.5) is 0 Å². The average molecular weight is 325 g/mol. The van der Waals surface area contributed by atoms with E-state index in [0.29, 0.717) is 0 Å². The van der Waals surface area contributed by atoms with Crippen molar-refractivity contribution in [1.29, 1.82) is 0 Å². The average Bonchev–Trinajstić information content (AvgIpc) is 2.74. The zero-order valence-corrected chi connectivity index (χ0v) is 15.2. The van der Waals surface area contributed by atoms with Crippen LogP contribution in [0.1, 0.15) is 90.9 Å². The zero-order valence-electron chi connectivity index (χ0n) is 15.2. The lowest BCUT2D eigenvalue weighted by molar-refractivity contribution is -0.130. The lowest BCUT2D eigenvalue weighted by atomic mass is 10.00. The smallest absolute Gasteiger partial charge is 0.242 e. The molecule has 1 heterocycles. The van der Waals surface area contributed by atoms with Gasteiger partial charge in [-0.3, -0.25) is 9.59 Å². The van der Waals surface area contributed by atoms with E-state index >= 15 is 0 Å². The Morgan fingerprint density at radius 1 is 1.13 bits per heavy atom. The van der Waals surface area contributed by atoms with Crippen LogP contribution in [0.2, 0.25) is 0 Å². The molecule has 1 fully saturated rings. The van der Waals surface area contributed by atoms with E-state index in [-0.39, 0.29) is 23.8 Å². The van der Waals surface area contributed by atoms with Gasteiger partial charge in [-0.25, -0.2) is 0 Å². The van der Waals surface area contributed by atoms with Crippen molar-refractivity contribution in [3.63, 3.8) is 0 Å². The monoisotopic (exact) mass is 324 g/mol. The molecule has 0 saturated carbocycles. The van der Waals surface area contributed by atoms with Gasteiger partial charge in [0.05, 0.1) is 0 Å². The Bertz CT molecular complexity index is 344. The van der Waals surface area contributed by atoms with Crippen molar-refractivity contribution in [3.05, 3.63) is 0 Å². The van der Waals surface area contributed by atoms with Gasteiger partial charge in [0.15, 0.2) is 0 Å². The third-order valence-electron chi connectivity index (χ3n) is 4.79. The predicted octanol–water partition coefficient (Wildman–Crippen LogP) is 3.94. The van der Waals surface area contributed by atoms with E-state index in [1.165, 1.54) is 44.9 Å². The Kier molecular flexibility index (Phi) is 10.8. The molecule has 4 heteroatoms. The maximum atomic E-state index is 12.2. The lowest BCUT2D eigenvalue weighted by Crippen LogP contribution is -2.47. The first-order valence-electron chi connectivity index (χ1n) is 9.73. The number of rotatable bonds is 11. The highest BCUT2D eigenvalue weighted by Crippen LogP contribution is 2.14. The fourth-order valence-electron chi connectivity index (χ4n) is 3.11. The molecular weight excluding hydrogens is 288 g/mol. The van der Waals surface area contributed by atoms with Crippen molar-refractivity contribution in [1.82, 2.24) is 10.6 Å². The molecule has 1 aliphatic rings. The zero-order chi connectivity index (χ0) is 16.9. The number of hydrogen-bond acceptors (Lipinski definition) is 2. The minimum atomic E-state index is -0.328. The van der Waals surface area contributed by atoms with E-state index in [1.54, 1.807) is 0 Å². The first kappa shape index (κ1) is 20.0. The van der Waals surface area contributed by atoms with Gasteiger partial charge in [0.2, 0.25) is 11.8 Å². The molecule has 2 N–H and O–H groups in total. The second-order valence-electron chi connectivity index (χ2n) is 7.01. The van der Waals surface area contributed by atoms with Gasteiger partial charge in [-0.2, -0.15) is 0 Å². The maximum Gasteiger partial charge on any atom is 0.242 e. The fourth-order valence-corrected chi connectivity index (χ4v) is 3.11. The summed E-state index contributed by atoms with van der Waals surface area (Å²) in [6.45, 7) is 4.95. The minimum Gasteiger partial charge on any atom is -0.354 e. The summed E-state index contributed by atoms with van der Waals surface area (Å²) in [5.74, 6) is 0.0243. The molecule has 1 saturated heterocycles. The number of carbonyl (C=O) groups excluding carboxylic acids is 2. The number of carbonyl (C=O) groups is 2. The number of unbranched alkanes of at least 4 members (excludes halogenated alkanes) is 7. The Morgan fingerprint density at radius 3 is 2.48 bits per heavy atom. The fraction of sp³-hybridized carbons (Fsp3) is 0.895. The van der Waals surface area contributed by atoms with Crippen molar-refractivity contribution in [3.8, 4) is 0 Å². The normalized spacial score (nSPS) is 19.7. The first-order chi connectivity index (χ1) is 11.1. The molecule has 0 bridgehead atoms. The molecule has 0 radical (unpaired) electrons. The summed E-state index contributed by atoms with van der Waals surface area (Å²) in [4.78, 5) is 24.1. The van der Waals surface area contributed by atoms with Crippen LogP contribution in [0.15, 0.2) is 0 Å². The van der Waals surface area contributed by atoms with Gasteiger partial charge in [-0.05, 0) is 25.7 Å². The van der Waals surface area contributed by atoms with E-state index in [9.17, 15) is 9.59 Å². The first-order valence-corrected chi connectivity index (χ1v) is 9.73. The van der Waals surface area contributed by atoms with E-state index in [2.05, 4.69) is 17.6 Å². The number of amides is 2. The van der Waals surface area contributed by atoms with Gasteiger partial charge in [0.1, 0.15) is 6.04 Å². The highest BCUT2D eigenvalue weighted by atomic mass is 16.2. The Morgan fingerprint density at radius 2 is 1.78 bits per heavy atom. The summed E-state index contributed by atoms with van der Waals surface area (Å²) in [5, 5.41) is 5.80. The highest BCUT2D eigenvalue weighted by Gasteiger charge is 2.24. The molecule has 1 rings (SSSR count). The molecule has 0 aliphatic carbocycles. The summed E-state index contributed by atoms with van der Waals surface area (Å²) >= 11 is 0. The molecule has 1 aliphatic heterocycles. The van der Waals surface area contributed by atoms with Crippen molar-refractivity contribution in [2.75, 3.05) is 6.54 Å². The molecule has 134 valence electrons. The van der Waals surface area contributed by atoms with Crippen LogP contribution in [0.25, 0.3) is 0 Å². The quantitative estimate of drug-likeness (QED) is 0.566. The molecule has 2 atom stereocenters. The molecule has 23 heavy (non-hydrogen) atoms. The van der Waals surface area contributed by atoms with Crippen molar-refractivity contribution in [2.24, 2.45) is 5.92 Å². The maximum absolute atomic E-state index is 12.2. The predicted molar refractivity (Wildman–Crippen MR) is 95.2 cm³/mol. The molecule has 2 amide bonds. The van der Waals surface area contributed by atoms with E-state index in [1.807, 2.05) is 6.92 Å². The van der Waals surface area contributed by atoms with Crippen molar-refractivity contribution < 1.29 is 9.59 Å². The van der Waals surface area contributed by atoms with Crippen LogP contribution in [-0.4, -0.2) is 24.4 Å². The Labute approximate surface area is 142 Å². The van der Waals surface area contributed by atoms with Gasteiger partial charge < -0.3 is 10.6 Å². The molecule has 0 aromatic heterocycles. The molecule has 0 spiro atoms. The van der Waals surface area contributed by atoms with Crippen LogP contribution in [0.5, 0.6) is 0 Å². The number of nitrogens with one attached hydrogen (secondary N) is 2. The highest BCUT2D eigenvalue weighted by molar-refractivity contribution is 5.88. The van der Waals surface area contributed by atoms with Crippen molar-refractivity contribution in [2.45, 2.75) is 96.9 Å². The SMILES string of the molecule is CCCCCCCCCCC(C)C(=O)N[C@H]1CCCCNC1=O. The Balaban J connectivity index is 2.10. The standard InChI is InChI=1S/C19H36N2O2/c1-3-4-5-6-7-8-9-10-13-16(2)18(22)21-17-14-11-12-15-20-19(17)23/h16-17H,3-15H2,1-2H3,(H,20,23)(H,21,22)/t16?,17-/m0/s1. The summed E-state index contributed by atoms with van der Waals surface area (Å²) in [5.41, 5.74) is 0. The topological polar surface area (TPSA) is 58.2 Å². The molecule has 0 aromatic rings. The van der Waals surface area contributed by atoms with E-state index in [4.69, 9.17) is 0 Å². The summed E-state index contributed by atoms with van der Waals surface area (Å²) < 4.78 is 0. The second-order valence-corrected chi connectivity index (χ2v) is 7.01. The Hall–Kier alpha value is -1.06. The third kappa shape index (κ3) is 8.97. The summed E-state index contributed by atoms with van der Waals surface area (Å²) in [7, 11) is 0. The van der Waals surface area contributed by atoms with Gasteiger partial charge in [0, 0.05) is 12.5 Å². The summed E-state index contributed by atoms with van der Waals surface area (Å²) in [6, 6.07) is -0.328. The minimum absolute atomic E-state index is 0.00569. The van der Waals surface area contributed by atoms with E-state index in [0.717, 1.165) is 38.6 Å². The number of hydrogen-bond donors (Lipinski definition) is 2. The van der Waals surface area contributed by atoms with Gasteiger partial charge >= 0.3 is 0 Å². The van der Waals surface area contributed by atoms with Crippen LogP contribution in [0, 0.1) is 5.92 Å². The van der Waals surface area contributed by atoms with Crippen LogP contribution >= 0.6 is 0 Å². The summed E-state index contributed by atoms with van der Waals surface area (Å²) in [6.07, 6.45) is 14.0. The van der Waals surface area contributed by atoms with Crippen LogP contribution in [-0.2, 0) is 9.59 Å². The second kappa shape index (κ2) is 12.4. The third-order valence-corrected chi connectivity index (χ3v) is 4.79. The van der Waals surface area contributed by atoms with Crippen LogP contribution in [0.3, 0.4) is 0 Å². The van der Waals surface area contributed by atoms with E-state index < -0.39 is 0 Å². The molecule has 4 nitrogen and oxygen atoms in total. The lowest BCUT2D eigenvalue weighted by Gasteiger charge is -2.18.